The molecule has 0 aliphatic rings. The highest BCUT2D eigenvalue weighted by Crippen LogP contribution is 2.29. The molecular weight excluding hydrogens is 275 g/mol. The minimum absolute atomic E-state index is 0.139. The molecule has 0 saturated heterocycles. The van der Waals surface area contributed by atoms with Gasteiger partial charge in [0.1, 0.15) is 0 Å². The second-order valence-electron chi connectivity index (χ2n) is 4.26. The molecule has 0 spiro atoms. The lowest BCUT2D eigenvalue weighted by atomic mass is 10.1. The van der Waals surface area contributed by atoms with E-state index in [-0.39, 0.29) is 18.0 Å². The SMILES string of the molecule is COC(=O)CCc1ccn2c(C(F)(F)F)nnc2c1C. The van der Waals surface area contributed by atoms with Gasteiger partial charge in [-0.3, -0.25) is 9.20 Å². The maximum absolute atomic E-state index is 12.7. The molecule has 20 heavy (non-hydrogen) atoms. The first-order valence-corrected chi connectivity index (χ1v) is 5.82. The Balaban J connectivity index is 2.38. The fourth-order valence-electron chi connectivity index (χ4n) is 1.92. The molecule has 0 unspecified atom stereocenters. The second-order valence-corrected chi connectivity index (χ2v) is 4.26. The normalized spacial score (nSPS) is 11.8. The number of nitrogens with zero attached hydrogens (tertiary/aromatic N) is 3. The van der Waals surface area contributed by atoms with Gasteiger partial charge in [-0.25, -0.2) is 0 Å². The summed E-state index contributed by atoms with van der Waals surface area (Å²) in [7, 11) is 1.28. The fourth-order valence-corrected chi connectivity index (χ4v) is 1.92. The van der Waals surface area contributed by atoms with Crippen LogP contribution in [0.4, 0.5) is 13.2 Å². The third-order valence-electron chi connectivity index (χ3n) is 3.02. The molecule has 2 heterocycles. The Morgan fingerprint density at radius 1 is 1.40 bits per heavy atom. The summed E-state index contributed by atoms with van der Waals surface area (Å²) in [6, 6.07) is 1.53. The molecule has 0 radical (unpaired) electrons. The van der Waals surface area contributed by atoms with E-state index in [0.717, 1.165) is 9.96 Å². The Hall–Kier alpha value is -2.12. The zero-order chi connectivity index (χ0) is 14.9. The lowest BCUT2D eigenvalue weighted by Crippen LogP contribution is -2.11. The summed E-state index contributed by atoms with van der Waals surface area (Å²) in [5.74, 6) is -1.43. The summed E-state index contributed by atoms with van der Waals surface area (Å²) >= 11 is 0. The van der Waals surface area contributed by atoms with Crippen LogP contribution >= 0.6 is 0 Å². The van der Waals surface area contributed by atoms with E-state index < -0.39 is 12.0 Å². The summed E-state index contributed by atoms with van der Waals surface area (Å²) in [5.41, 5.74) is 1.45. The molecule has 0 saturated carbocycles. The zero-order valence-corrected chi connectivity index (χ0v) is 10.9. The summed E-state index contributed by atoms with van der Waals surface area (Å²) in [4.78, 5) is 11.1. The predicted octanol–water partition coefficient (Wildman–Crippen LogP) is 2.16. The highest BCUT2D eigenvalue weighted by Gasteiger charge is 2.37. The number of esters is 1. The van der Waals surface area contributed by atoms with Crippen molar-refractivity contribution in [2.45, 2.75) is 25.9 Å². The van der Waals surface area contributed by atoms with Gasteiger partial charge in [0.25, 0.3) is 0 Å². The number of fused-ring (bicyclic) bond motifs is 1. The number of carbonyl (C=O) groups is 1. The van der Waals surface area contributed by atoms with Crippen molar-refractivity contribution in [1.29, 1.82) is 0 Å². The van der Waals surface area contributed by atoms with Crippen molar-refractivity contribution in [1.82, 2.24) is 14.6 Å². The monoisotopic (exact) mass is 287 g/mol. The highest BCUT2D eigenvalue weighted by atomic mass is 19.4. The molecule has 0 atom stereocenters. The van der Waals surface area contributed by atoms with Crippen LogP contribution in [-0.2, 0) is 22.1 Å². The van der Waals surface area contributed by atoms with Crippen molar-refractivity contribution in [3.63, 3.8) is 0 Å². The summed E-state index contributed by atoms with van der Waals surface area (Å²) in [6.45, 7) is 1.65. The molecule has 0 aromatic carbocycles. The van der Waals surface area contributed by atoms with E-state index >= 15 is 0 Å². The van der Waals surface area contributed by atoms with Crippen LogP contribution in [-0.4, -0.2) is 27.7 Å². The first kappa shape index (κ1) is 14.3. The zero-order valence-electron chi connectivity index (χ0n) is 10.9. The van der Waals surface area contributed by atoms with Gasteiger partial charge >= 0.3 is 12.1 Å². The van der Waals surface area contributed by atoms with E-state index in [1.807, 2.05) is 0 Å². The van der Waals surface area contributed by atoms with Crippen molar-refractivity contribution in [3.05, 3.63) is 29.2 Å². The van der Waals surface area contributed by atoms with Crippen LogP contribution in [0.25, 0.3) is 5.65 Å². The number of halogens is 3. The summed E-state index contributed by atoms with van der Waals surface area (Å²) < 4.78 is 43.5. The van der Waals surface area contributed by atoms with Gasteiger partial charge in [0.2, 0.25) is 5.82 Å². The maximum atomic E-state index is 12.7. The largest absolute Gasteiger partial charge is 0.469 e. The Morgan fingerprint density at radius 3 is 2.70 bits per heavy atom. The Labute approximate surface area is 112 Å². The van der Waals surface area contributed by atoms with Gasteiger partial charge in [-0.15, -0.1) is 10.2 Å². The molecule has 2 aromatic rings. The molecule has 0 aliphatic carbocycles. The molecule has 0 fully saturated rings. The lowest BCUT2D eigenvalue weighted by Gasteiger charge is -2.08. The van der Waals surface area contributed by atoms with Crippen LogP contribution in [0, 0.1) is 6.92 Å². The number of rotatable bonds is 3. The second kappa shape index (κ2) is 5.10. The van der Waals surface area contributed by atoms with Crippen LogP contribution in [0.2, 0.25) is 0 Å². The average Bonchev–Trinajstić information content (AvgIpc) is 2.82. The van der Waals surface area contributed by atoms with Crippen LogP contribution in [0.5, 0.6) is 0 Å². The van der Waals surface area contributed by atoms with Crippen molar-refractivity contribution >= 4 is 11.6 Å². The van der Waals surface area contributed by atoms with Gasteiger partial charge in [0.05, 0.1) is 7.11 Å². The van der Waals surface area contributed by atoms with Gasteiger partial charge < -0.3 is 4.74 Å². The number of aryl methyl sites for hydroxylation is 2. The van der Waals surface area contributed by atoms with E-state index in [1.54, 1.807) is 6.92 Å². The van der Waals surface area contributed by atoms with Crippen molar-refractivity contribution < 1.29 is 22.7 Å². The number of hydrogen-bond acceptors (Lipinski definition) is 4. The molecule has 0 aliphatic heterocycles. The van der Waals surface area contributed by atoms with Gasteiger partial charge in [0, 0.05) is 12.6 Å². The van der Waals surface area contributed by atoms with E-state index in [0.29, 0.717) is 12.0 Å². The molecule has 0 amide bonds. The molecule has 0 N–H and O–H groups in total. The van der Waals surface area contributed by atoms with Crippen molar-refractivity contribution in [3.8, 4) is 0 Å². The standard InChI is InChI=1S/C12H12F3N3O2/c1-7-8(3-4-9(19)20-2)5-6-18-10(7)16-17-11(18)12(13,14)15/h5-6H,3-4H2,1-2H3. The Kier molecular flexibility index (Phi) is 3.65. The van der Waals surface area contributed by atoms with Crippen molar-refractivity contribution in [2.75, 3.05) is 7.11 Å². The van der Waals surface area contributed by atoms with Gasteiger partial charge in [-0.1, -0.05) is 0 Å². The number of hydrogen-bond donors (Lipinski definition) is 0. The number of ether oxygens (including phenoxy) is 1. The number of carbonyl (C=O) groups excluding carboxylic acids is 1. The summed E-state index contributed by atoms with van der Waals surface area (Å²) in [6.07, 6.45) is -2.76. The average molecular weight is 287 g/mol. The molecule has 8 heteroatoms. The van der Waals surface area contributed by atoms with Crippen LogP contribution < -0.4 is 0 Å². The third-order valence-corrected chi connectivity index (χ3v) is 3.02. The lowest BCUT2D eigenvalue weighted by molar-refractivity contribution is -0.145. The third kappa shape index (κ3) is 2.59. The first-order chi connectivity index (χ1) is 9.34. The van der Waals surface area contributed by atoms with E-state index in [2.05, 4.69) is 14.9 Å². The Morgan fingerprint density at radius 2 is 2.10 bits per heavy atom. The Bertz CT molecular complexity index is 649. The maximum Gasteiger partial charge on any atom is 0.452 e. The minimum atomic E-state index is -4.56. The molecule has 108 valence electrons. The van der Waals surface area contributed by atoms with E-state index in [1.165, 1.54) is 19.4 Å². The van der Waals surface area contributed by atoms with Crippen molar-refractivity contribution in [2.24, 2.45) is 0 Å². The van der Waals surface area contributed by atoms with Gasteiger partial charge in [-0.05, 0) is 30.5 Å². The smallest absolute Gasteiger partial charge is 0.452 e. The number of methoxy groups -OCH3 is 1. The van der Waals surface area contributed by atoms with Crippen LogP contribution in [0.15, 0.2) is 12.3 Å². The number of pyridine rings is 1. The van der Waals surface area contributed by atoms with Crippen LogP contribution in [0.1, 0.15) is 23.4 Å². The predicted molar refractivity (Wildman–Crippen MR) is 63.1 cm³/mol. The molecular formula is C12H12F3N3O2. The molecule has 2 rings (SSSR count). The topological polar surface area (TPSA) is 56.5 Å². The summed E-state index contributed by atoms with van der Waals surface area (Å²) in [5, 5.41) is 6.75. The number of aromatic nitrogens is 3. The van der Waals surface area contributed by atoms with E-state index in [9.17, 15) is 18.0 Å². The van der Waals surface area contributed by atoms with E-state index in [4.69, 9.17) is 0 Å². The fraction of sp³-hybridized carbons (Fsp3) is 0.417. The first-order valence-electron chi connectivity index (χ1n) is 5.82. The molecule has 2 aromatic heterocycles. The molecule has 5 nitrogen and oxygen atoms in total. The number of alkyl halides is 3. The highest BCUT2D eigenvalue weighted by molar-refractivity contribution is 5.69. The van der Waals surface area contributed by atoms with Crippen LogP contribution in [0.3, 0.4) is 0 Å². The minimum Gasteiger partial charge on any atom is -0.469 e. The van der Waals surface area contributed by atoms with Gasteiger partial charge in [-0.2, -0.15) is 13.2 Å². The molecule has 0 bridgehead atoms. The quantitative estimate of drug-likeness (QED) is 0.812. The van der Waals surface area contributed by atoms with Gasteiger partial charge in [0.15, 0.2) is 5.65 Å².